The molecule has 0 spiro atoms. The van der Waals surface area contributed by atoms with Crippen LogP contribution in [-0.2, 0) is 4.79 Å². The van der Waals surface area contributed by atoms with Crippen molar-refractivity contribution in [3.05, 3.63) is 83.1 Å². The van der Waals surface area contributed by atoms with Crippen molar-refractivity contribution in [3.63, 3.8) is 0 Å². The van der Waals surface area contributed by atoms with Crippen molar-refractivity contribution in [2.24, 2.45) is 0 Å². The van der Waals surface area contributed by atoms with E-state index in [9.17, 15) is 14.7 Å². The molecule has 1 amide bonds. The van der Waals surface area contributed by atoms with E-state index in [0.29, 0.717) is 23.7 Å². The smallest absolute Gasteiger partial charge is 0.326 e. The Labute approximate surface area is 172 Å². The highest BCUT2D eigenvalue weighted by Gasteiger charge is 2.42. The number of carbonyl (C=O) groups is 2. The van der Waals surface area contributed by atoms with Crippen molar-refractivity contribution < 1.29 is 14.7 Å². The summed E-state index contributed by atoms with van der Waals surface area (Å²) in [5.74, 6) is -0.949. The third-order valence-corrected chi connectivity index (χ3v) is 5.44. The van der Waals surface area contributed by atoms with Crippen molar-refractivity contribution >= 4 is 23.5 Å². The van der Waals surface area contributed by atoms with Gasteiger partial charge in [0.15, 0.2) is 5.82 Å². The van der Waals surface area contributed by atoms with Gasteiger partial charge in [-0.25, -0.2) is 14.8 Å². The van der Waals surface area contributed by atoms with Gasteiger partial charge in [0, 0.05) is 23.0 Å². The second-order valence-corrected chi connectivity index (χ2v) is 7.25. The van der Waals surface area contributed by atoms with Crippen molar-refractivity contribution in [1.82, 2.24) is 14.9 Å². The normalized spacial score (nSPS) is 18.6. The fourth-order valence-corrected chi connectivity index (χ4v) is 3.97. The molecule has 4 rings (SSSR count). The van der Waals surface area contributed by atoms with Crippen molar-refractivity contribution in [1.29, 1.82) is 0 Å². The molecule has 146 valence electrons. The van der Waals surface area contributed by atoms with E-state index in [1.165, 1.54) is 17.3 Å². The topological polar surface area (TPSA) is 83.4 Å². The molecule has 2 heterocycles. The Balaban J connectivity index is 1.67. The number of hydrogen-bond acceptors (Lipinski definition) is 4. The largest absolute Gasteiger partial charge is 0.480 e. The van der Waals surface area contributed by atoms with Crippen LogP contribution in [0.15, 0.2) is 67.0 Å². The van der Waals surface area contributed by atoms with E-state index in [1.807, 2.05) is 42.5 Å². The predicted molar refractivity (Wildman–Crippen MR) is 108 cm³/mol. The number of hydrogen-bond donors (Lipinski definition) is 1. The SMILES string of the molecule is O=C(O)[C@@H]1CC[C@H](c2ccccc2Cl)N1C(=O)c1cnc(-c2ccccc2)nc1. The van der Waals surface area contributed by atoms with E-state index in [1.54, 1.807) is 12.1 Å². The molecule has 1 saturated heterocycles. The maximum Gasteiger partial charge on any atom is 0.326 e. The molecule has 6 nitrogen and oxygen atoms in total. The summed E-state index contributed by atoms with van der Waals surface area (Å²) in [5, 5.41) is 10.2. The fraction of sp³-hybridized carbons (Fsp3) is 0.182. The van der Waals surface area contributed by atoms with Crippen LogP contribution in [0.2, 0.25) is 5.02 Å². The number of carboxylic acids is 1. The first kappa shape index (κ1) is 19.1. The lowest BCUT2D eigenvalue weighted by Gasteiger charge is -2.29. The van der Waals surface area contributed by atoms with Crippen LogP contribution >= 0.6 is 11.6 Å². The average molecular weight is 408 g/mol. The zero-order valence-corrected chi connectivity index (χ0v) is 16.2. The summed E-state index contributed by atoms with van der Waals surface area (Å²) < 4.78 is 0. The number of rotatable bonds is 4. The number of carboxylic acid groups (broad SMARTS) is 1. The Kier molecular flexibility index (Phi) is 5.27. The molecule has 1 aromatic heterocycles. The van der Waals surface area contributed by atoms with E-state index in [-0.39, 0.29) is 5.56 Å². The Morgan fingerprint density at radius 1 is 0.966 bits per heavy atom. The molecule has 7 heteroatoms. The zero-order chi connectivity index (χ0) is 20.4. The quantitative estimate of drug-likeness (QED) is 0.699. The van der Waals surface area contributed by atoms with Crippen LogP contribution < -0.4 is 0 Å². The van der Waals surface area contributed by atoms with Gasteiger partial charge in [-0.1, -0.05) is 60.1 Å². The van der Waals surface area contributed by atoms with Gasteiger partial charge in [0.2, 0.25) is 0 Å². The van der Waals surface area contributed by atoms with E-state index in [0.717, 1.165) is 11.1 Å². The minimum Gasteiger partial charge on any atom is -0.480 e. The number of aromatic nitrogens is 2. The van der Waals surface area contributed by atoms with Crippen molar-refractivity contribution in [2.75, 3.05) is 0 Å². The summed E-state index contributed by atoms with van der Waals surface area (Å²) in [6, 6.07) is 15.3. The first-order valence-electron chi connectivity index (χ1n) is 9.23. The van der Waals surface area contributed by atoms with Crippen LogP contribution in [0.25, 0.3) is 11.4 Å². The monoisotopic (exact) mass is 407 g/mol. The molecule has 29 heavy (non-hydrogen) atoms. The molecule has 1 aliphatic rings. The van der Waals surface area contributed by atoms with E-state index < -0.39 is 24.0 Å². The number of benzene rings is 2. The van der Waals surface area contributed by atoms with E-state index >= 15 is 0 Å². The van der Waals surface area contributed by atoms with Gasteiger partial charge >= 0.3 is 5.97 Å². The molecule has 0 unspecified atom stereocenters. The Morgan fingerprint density at radius 3 is 2.28 bits per heavy atom. The van der Waals surface area contributed by atoms with Crippen LogP contribution in [0.1, 0.15) is 34.8 Å². The molecule has 0 aliphatic carbocycles. The standard InChI is InChI=1S/C22H18ClN3O3/c23-17-9-5-4-8-16(17)18-10-11-19(22(28)29)26(18)21(27)15-12-24-20(25-13-15)14-6-2-1-3-7-14/h1-9,12-13,18-19H,10-11H2,(H,28,29)/t18-,19+/m1/s1. The van der Waals surface area contributed by atoms with Gasteiger partial charge in [-0.2, -0.15) is 0 Å². The van der Waals surface area contributed by atoms with Crippen LogP contribution in [0.5, 0.6) is 0 Å². The number of aliphatic carboxylic acids is 1. The molecule has 0 radical (unpaired) electrons. The number of nitrogens with zero attached hydrogens (tertiary/aromatic N) is 3. The molecule has 2 aromatic carbocycles. The summed E-state index contributed by atoms with van der Waals surface area (Å²) in [4.78, 5) is 35.0. The summed E-state index contributed by atoms with van der Waals surface area (Å²) >= 11 is 6.33. The van der Waals surface area contributed by atoms with Crippen LogP contribution in [0.3, 0.4) is 0 Å². The number of halogens is 1. The highest BCUT2D eigenvalue weighted by molar-refractivity contribution is 6.31. The first-order chi connectivity index (χ1) is 14.1. The summed E-state index contributed by atoms with van der Waals surface area (Å²) in [7, 11) is 0. The highest BCUT2D eigenvalue weighted by atomic mass is 35.5. The fourth-order valence-electron chi connectivity index (χ4n) is 3.71. The second-order valence-electron chi connectivity index (χ2n) is 6.84. The van der Waals surface area contributed by atoms with Gasteiger partial charge in [0.1, 0.15) is 6.04 Å². The number of carbonyl (C=O) groups excluding carboxylic acids is 1. The first-order valence-corrected chi connectivity index (χ1v) is 9.61. The van der Waals surface area contributed by atoms with Crippen molar-refractivity contribution in [3.8, 4) is 11.4 Å². The third kappa shape index (κ3) is 3.71. The average Bonchev–Trinajstić information content (AvgIpc) is 3.19. The third-order valence-electron chi connectivity index (χ3n) is 5.10. The highest BCUT2D eigenvalue weighted by Crippen LogP contribution is 2.40. The maximum atomic E-state index is 13.2. The van der Waals surface area contributed by atoms with Gasteiger partial charge in [0.25, 0.3) is 5.91 Å². The Bertz CT molecular complexity index is 1040. The summed E-state index contributed by atoms with van der Waals surface area (Å²) in [6.45, 7) is 0. The maximum absolute atomic E-state index is 13.2. The lowest BCUT2D eigenvalue weighted by atomic mass is 10.0. The lowest BCUT2D eigenvalue weighted by Crippen LogP contribution is -2.42. The van der Waals surface area contributed by atoms with Crippen molar-refractivity contribution in [2.45, 2.75) is 24.9 Å². The zero-order valence-electron chi connectivity index (χ0n) is 15.4. The molecule has 3 aromatic rings. The van der Waals surface area contributed by atoms with Gasteiger partial charge in [0.05, 0.1) is 11.6 Å². The summed E-state index contributed by atoms with van der Waals surface area (Å²) in [6.07, 6.45) is 3.77. The van der Waals surface area contributed by atoms with Gasteiger partial charge in [-0.05, 0) is 24.5 Å². The minimum absolute atomic E-state index is 0.245. The van der Waals surface area contributed by atoms with Crippen LogP contribution in [-0.4, -0.2) is 37.9 Å². The summed E-state index contributed by atoms with van der Waals surface area (Å²) in [5.41, 5.74) is 1.83. The van der Waals surface area contributed by atoms with Gasteiger partial charge in [-0.15, -0.1) is 0 Å². The molecule has 1 N–H and O–H groups in total. The Hall–Kier alpha value is -3.25. The second kappa shape index (κ2) is 8.01. The molecule has 1 fully saturated rings. The van der Waals surface area contributed by atoms with E-state index in [2.05, 4.69) is 9.97 Å². The minimum atomic E-state index is -1.03. The predicted octanol–water partition coefficient (Wildman–Crippen LogP) is 4.23. The number of likely N-dealkylation sites (tertiary alicyclic amines) is 1. The van der Waals surface area contributed by atoms with Gasteiger partial charge in [-0.3, -0.25) is 4.79 Å². The lowest BCUT2D eigenvalue weighted by molar-refractivity contribution is -0.141. The van der Waals surface area contributed by atoms with Crippen LogP contribution in [0, 0.1) is 0 Å². The molecule has 1 aliphatic heterocycles. The van der Waals surface area contributed by atoms with Gasteiger partial charge < -0.3 is 10.0 Å². The molecule has 0 bridgehead atoms. The number of amides is 1. The Morgan fingerprint density at radius 2 is 1.62 bits per heavy atom. The van der Waals surface area contributed by atoms with Crippen LogP contribution in [0.4, 0.5) is 0 Å². The molecule has 2 atom stereocenters. The van der Waals surface area contributed by atoms with E-state index in [4.69, 9.17) is 11.6 Å². The molecular formula is C22H18ClN3O3. The molecule has 0 saturated carbocycles. The molecular weight excluding hydrogens is 390 g/mol.